The summed E-state index contributed by atoms with van der Waals surface area (Å²) >= 11 is 0. The zero-order chi connectivity index (χ0) is 14.7. The number of H-pyrrole nitrogens is 1. The molecule has 0 aliphatic rings. The third-order valence-corrected chi connectivity index (χ3v) is 3.33. The van der Waals surface area contributed by atoms with E-state index < -0.39 is 0 Å². The van der Waals surface area contributed by atoms with Crippen LogP contribution in [0.25, 0.3) is 10.9 Å². The number of carbonyl (C=O) groups excluding carboxylic acids is 1. The Morgan fingerprint density at radius 3 is 2.90 bits per heavy atom. The minimum absolute atomic E-state index is 0.0258. The number of aromatic amines is 1. The highest BCUT2D eigenvalue weighted by molar-refractivity contribution is 5.88. The lowest BCUT2D eigenvalue weighted by molar-refractivity contribution is -0.120. The second-order valence-corrected chi connectivity index (χ2v) is 4.96. The van der Waals surface area contributed by atoms with Gasteiger partial charge in [-0.25, -0.2) is 0 Å². The van der Waals surface area contributed by atoms with Gasteiger partial charge in [0.1, 0.15) is 0 Å². The minimum Gasteiger partial charge on any atom is -0.361 e. The maximum absolute atomic E-state index is 12.0. The van der Waals surface area contributed by atoms with Crippen molar-refractivity contribution >= 4 is 16.8 Å². The molecule has 21 heavy (non-hydrogen) atoms. The van der Waals surface area contributed by atoms with Crippen LogP contribution in [-0.4, -0.2) is 20.9 Å². The molecule has 0 spiro atoms. The van der Waals surface area contributed by atoms with Crippen LogP contribution in [0.15, 0.2) is 42.9 Å². The summed E-state index contributed by atoms with van der Waals surface area (Å²) in [5.41, 5.74) is 3.67. The molecule has 2 aromatic heterocycles. The summed E-state index contributed by atoms with van der Waals surface area (Å²) in [6.45, 7) is 2.28. The van der Waals surface area contributed by atoms with Crippen LogP contribution in [0.5, 0.6) is 0 Å². The molecule has 3 rings (SSSR count). The topological polar surface area (TPSA) is 70.7 Å². The Hall–Kier alpha value is -2.69. The average Bonchev–Trinajstić information content (AvgIpc) is 2.90. The Balaban J connectivity index is 1.62. The van der Waals surface area contributed by atoms with Gasteiger partial charge in [-0.3, -0.25) is 14.8 Å². The lowest BCUT2D eigenvalue weighted by atomic mass is 10.1. The van der Waals surface area contributed by atoms with Crippen molar-refractivity contribution in [2.75, 3.05) is 0 Å². The van der Waals surface area contributed by atoms with Crippen LogP contribution in [-0.2, 0) is 17.8 Å². The molecule has 3 aromatic rings. The van der Waals surface area contributed by atoms with E-state index in [-0.39, 0.29) is 5.91 Å². The number of carbonyl (C=O) groups is 1. The summed E-state index contributed by atoms with van der Waals surface area (Å²) in [7, 11) is 0. The van der Waals surface area contributed by atoms with E-state index in [1.165, 1.54) is 0 Å². The van der Waals surface area contributed by atoms with Gasteiger partial charge in [0.25, 0.3) is 0 Å². The lowest BCUT2D eigenvalue weighted by Gasteiger charge is -2.04. The molecule has 5 nitrogen and oxygen atoms in total. The van der Waals surface area contributed by atoms with Crippen LogP contribution in [0, 0.1) is 6.92 Å². The van der Waals surface area contributed by atoms with Crippen molar-refractivity contribution in [3.8, 4) is 0 Å². The highest BCUT2D eigenvalue weighted by Gasteiger charge is 2.08. The number of benzene rings is 1. The Morgan fingerprint density at radius 1 is 1.24 bits per heavy atom. The van der Waals surface area contributed by atoms with E-state index in [1.807, 2.05) is 37.4 Å². The maximum Gasteiger partial charge on any atom is 0.224 e. The molecule has 0 aliphatic heterocycles. The van der Waals surface area contributed by atoms with Gasteiger partial charge < -0.3 is 10.3 Å². The molecular formula is C16H16N4O. The second-order valence-electron chi connectivity index (χ2n) is 4.96. The normalized spacial score (nSPS) is 10.7. The van der Waals surface area contributed by atoms with Crippen LogP contribution < -0.4 is 5.32 Å². The summed E-state index contributed by atoms with van der Waals surface area (Å²) in [6.07, 6.45) is 5.61. The van der Waals surface area contributed by atoms with Crippen molar-refractivity contribution in [1.82, 2.24) is 20.3 Å². The van der Waals surface area contributed by atoms with E-state index in [1.54, 1.807) is 12.4 Å². The van der Waals surface area contributed by atoms with Gasteiger partial charge in [0, 0.05) is 23.3 Å². The van der Waals surface area contributed by atoms with E-state index in [9.17, 15) is 4.79 Å². The smallest absolute Gasteiger partial charge is 0.224 e. The number of hydrogen-bond acceptors (Lipinski definition) is 3. The molecule has 5 heteroatoms. The number of rotatable bonds is 4. The van der Waals surface area contributed by atoms with E-state index >= 15 is 0 Å². The molecule has 0 fully saturated rings. The van der Waals surface area contributed by atoms with Crippen molar-refractivity contribution in [2.45, 2.75) is 19.9 Å². The van der Waals surface area contributed by atoms with Crippen molar-refractivity contribution in [2.24, 2.45) is 0 Å². The number of nitrogens with one attached hydrogen (secondary N) is 2. The molecule has 0 atom stereocenters. The van der Waals surface area contributed by atoms with E-state index in [2.05, 4.69) is 20.3 Å². The Bertz CT molecular complexity index is 761. The van der Waals surface area contributed by atoms with Gasteiger partial charge in [-0.15, -0.1) is 0 Å². The third-order valence-electron chi connectivity index (χ3n) is 3.33. The fraction of sp³-hybridized carbons (Fsp3) is 0.188. The highest BCUT2D eigenvalue weighted by atomic mass is 16.1. The molecule has 0 radical (unpaired) electrons. The fourth-order valence-corrected chi connectivity index (χ4v) is 2.21. The van der Waals surface area contributed by atoms with Crippen molar-refractivity contribution < 1.29 is 4.79 Å². The summed E-state index contributed by atoms with van der Waals surface area (Å²) in [4.78, 5) is 23.6. The first-order valence-corrected chi connectivity index (χ1v) is 6.81. The number of para-hydroxylation sites is 1. The molecule has 0 saturated carbocycles. The molecule has 2 heterocycles. The van der Waals surface area contributed by atoms with Gasteiger partial charge >= 0.3 is 0 Å². The van der Waals surface area contributed by atoms with Gasteiger partial charge in [0.05, 0.1) is 30.6 Å². The van der Waals surface area contributed by atoms with Crippen LogP contribution >= 0.6 is 0 Å². The zero-order valence-corrected chi connectivity index (χ0v) is 11.8. The molecule has 0 saturated heterocycles. The van der Waals surface area contributed by atoms with Gasteiger partial charge in [-0.2, -0.15) is 0 Å². The molecule has 1 amide bonds. The highest BCUT2D eigenvalue weighted by Crippen LogP contribution is 2.17. The molecular weight excluding hydrogens is 264 g/mol. The number of aryl methyl sites for hydroxylation is 1. The van der Waals surface area contributed by atoms with Crippen molar-refractivity contribution in [1.29, 1.82) is 0 Å². The number of nitrogens with zero attached hydrogens (tertiary/aromatic N) is 2. The number of hydrogen-bond donors (Lipinski definition) is 2. The van der Waals surface area contributed by atoms with Crippen molar-refractivity contribution in [3.05, 3.63) is 59.8 Å². The predicted octanol–water partition coefficient (Wildman–Crippen LogP) is 2.13. The standard InChI is InChI=1S/C16H16N4O/c1-11-7-18-13(9-17-11)10-20-16(21)6-12-8-19-15-5-3-2-4-14(12)15/h2-5,7-9,19H,6,10H2,1H3,(H,20,21). The van der Waals surface area contributed by atoms with Gasteiger partial charge in [0.2, 0.25) is 5.91 Å². The molecule has 1 aromatic carbocycles. The van der Waals surface area contributed by atoms with E-state index in [0.717, 1.165) is 27.9 Å². The molecule has 0 unspecified atom stereocenters. The Labute approximate surface area is 122 Å². The Morgan fingerprint density at radius 2 is 2.10 bits per heavy atom. The monoisotopic (exact) mass is 280 g/mol. The quantitative estimate of drug-likeness (QED) is 0.769. The number of amides is 1. The van der Waals surface area contributed by atoms with Crippen LogP contribution in [0.2, 0.25) is 0 Å². The van der Waals surface area contributed by atoms with Crippen molar-refractivity contribution in [3.63, 3.8) is 0 Å². The lowest BCUT2D eigenvalue weighted by Crippen LogP contribution is -2.25. The average molecular weight is 280 g/mol. The molecule has 0 aliphatic carbocycles. The first-order valence-electron chi connectivity index (χ1n) is 6.81. The zero-order valence-electron chi connectivity index (χ0n) is 11.8. The SMILES string of the molecule is Cc1cnc(CNC(=O)Cc2c[nH]c3ccccc23)cn1. The first-order chi connectivity index (χ1) is 10.2. The van der Waals surface area contributed by atoms with E-state index in [4.69, 9.17) is 0 Å². The summed E-state index contributed by atoms with van der Waals surface area (Å²) in [5, 5.41) is 3.95. The summed E-state index contributed by atoms with van der Waals surface area (Å²) in [6, 6.07) is 7.96. The molecule has 106 valence electrons. The fourth-order valence-electron chi connectivity index (χ4n) is 2.21. The van der Waals surface area contributed by atoms with Crippen LogP contribution in [0.3, 0.4) is 0 Å². The Kier molecular flexibility index (Phi) is 3.64. The summed E-state index contributed by atoms with van der Waals surface area (Å²) in [5.74, 6) is -0.0258. The van der Waals surface area contributed by atoms with Crippen LogP contribution in [0.1, 0.15) is 17.0 Å². The molecule has 2 N–H and O–H groups in total. The second kappa shape index (κ2) is 5.75. The number of fused-ring (bicyclic) bond motifs is 1. The van der Waals surface area contributed by atoms with Crippen LogP contribution in [0.4, 0.5) is 0 Å². The number of aromatic nitrogens is 3. The van der Waals surface area contributed by atoms with E-state index in [0.29, 0.717) is 13.0 Å². The largest absolute Gasteiger partial charge is 0.361 e. The third kappa shape index (κ3) is 3.08. The van der Waals surface area contributed by atoms with Gasteiger partial charge in [-0.1, -0.05) is 18.2 Å². The van der Waals surface area contributed by atoms with Gasteiger partial charge in [0.15, 0.2) is 0 Å². The summed E-state index contributed by atoms with van der Waals surface area (Å²) < 4.78 is 0. The molecule has 0 bridgehead atoms. The maximum atomic E-state index is 12.0. The minimum atomic E-state index is -0.0258. The first kappa shape index (κ1) is 13.3. The van der Waals surface area contributed by atoms with Gasteiger partial charge in [-0.05, 0) is 18.6 Å². The predicted molar refractivity (Wildman–Crippen MR) is 80.6 cm³/mol.